The van der Waals surface area contributed by atoms with Gasteiger partial charge in [-0.1, -0.05) is 18.2 Å². The first kappa shape index (κ1) is 14.3. The van der Waals surface area contributed by atoms with Crippen molar-refractivity contribution in [1.82, 2.24) is 0 Å². The summed E-state index contributed by atoms with van der Waals surface area (Å²) in [7, 11) is 0. The first-order chi connectivity index (χ1) is 8.75. The Kier molecular flexibility index (Phi) is 5.18. The van der Waals surface area contributed by atoms with Crippen LogP contribution in [0.4, 0.5) is 11.4 Å². The van der Waals surface area contributed by atoms with Crippen molar-refractivity contribution in [2.75, 3.05) is 5.43 Å². The van der Waals surface area contributed by atoms with Gasteiger partial charge in [-0.2, -0.15) is 5.10 Å². The Balaban J connectivity index is 0.00000180. The standard InChI is InChI=1S/C13H11N3O2.H2O/c17-16(18)13-8-6-11(7-9-13)10-14-15-12-4-2-1-3-5-12;/h1-10,15H;1H2/b14-10+;. The normalized spacial score (nSPS) is 9.89. The van der Waals surface area contributed by atoms with Gasteiger partial charge in [-0.05, 0) is 29.8 Å². The van der Waals surface area contributed by atoms with E-state index in [1.54, 1.807) is 18.3 Å². The van der Waals surface area contributed by atoms with Gasteiger partial charge in [0.05, 0.1) is 16.8 Å². The molecule has 6 heteroatoms. The third-order valence-electron chi connectivity index (χ3n) is 2.28. The van der Waals surface area contributed by atoms with Crippen molar-refractivity contribution in [3.8, 4) is 0 Å². The van der Waals surface area contributed by atoms with E-state index in [1.165, 1.54) is 12.1 Å². The molecule has 19 heavy (non-hydrogen) atoms. The van der Waals surface area contributed by atoms with Gasteiger partial charge >= 0.3 is 0 Å². The minimum atomic E-state index is -0.427. The van der Waals surface area contributed by atoms with Crippen LogP contribution in [0, 0.1) is 10.1 Å². The van der Waals surface area contributed by atoms with Gasteiger partial charge in [-0.3, -0.25) is 15.5 Å². The lowest BCUT2D eigenvalue weighted by Crippen LogP contribution is -1.91. The fourth-order valence-electron chi connectivity index (χ4n) is 1.38. The van der Waals surface area contributed by atoms with Crippen molar-refractivity contribution in [3.05, 3.63) is 70.3 Å². The molecule has 3 N–H and O–H groups in total. The molecule has 0 radical (unpaired) electrons. The second kappa shape index (κ2) is 6.87. The van der Waals surface area contributed by atoms with Crippen molar-refractivity contribution < 1.29 is 10.4 Å². The number of hydrazone groups is 1. The van der Waals surface area contributed by atoms with Crippen LogP contribution in [0.5, 0.6) is 0 Å². The Morgan fingerprint density at radius 3 is 2.26 bits per heavy atom. The fraction of sp³-hybridized carbons (Fsp3) is 0. The van der Waals surface area contributed by atoms with Crippen LogP contribution in [-0.4, -0.2) is 16.6 Å². The van der Waals surface area contributed by atoms with E-state index in [9.17, 15) is 10.1 Å². The molecule has 2 aromatic carbocycles. The van der Waals surface area contributed by atoms with Gasteiger partial charge in [0, 0.05) is 12.1 Å². The number of nitrogens with one attached hydrogen (secondary N) is 1. The van der Waals surface area contributed by atoms with Crippen LogP contribution in [0.25, 0.3) is 0 Å². The molecule has 0 unspecified atom stereocenters. The van der Waals surface area contributed by atoms with E-state index in [1.807, 2.05) is 30.3 Å². The molecule has 0 bridgehead atoms. The van der Waals surface area contributed by atoms with Gasteiger partial charge in [0.1, 0.15) is 0 Å². The van der Waals surface area contributed by atoms with Crippen LogP contribution >= 0.6 is 0 Å². The van der Waals surface area contributed by atoms with E-state index >= 15 is 0 Å². The van der Waals surface area contributed by atoms with Crippen LogP contribution in [0.2, 0.25) is 0 Å². The lowest BCUT2D eigenvalue weighted by Gasteiger charge is -1.98. The molecule has 0 atom stereocenters. The lowest BCUT2D eigenvalue weighted by atomic mass is 10.2. The number of nitro groups is 1. The van der Waals surface area contributed by atoms with E-state index in [0.29, 0.717) is 0 Å². The summed E-state index contributed by atoms with van der Waals surface area (Å²) in [5.74, 6) is 0. The van der Waals surface area contributed by atoms with E-state index < -0.39 is 4.92 Å². The van der Waals surface area contributed by atoms with Crippen molar-refractivity contribution in [3.63, 3.8) is 0 Å². The van der Waals surface area contributed by atoms with Crippen LogP contribution in [0.3, 0.4) is 0 Å². The molecule has 0 spiro atoms. The van der Waals surface area contributed by atoms with Gasteiger partial charge in [0.25, 0.3) is 5.69 Å². The number of para-hydroxylation sites is 1. The summed E-state index contributed by atoms with van der Waals surface area (Å²) >= 11 is 0. The molecule has 0 fully saturated rings. The average molecular weight is 259 g/mol. The van der Waals surface area contributed by atoms with Crippen LogP contribution in [0.1, 0.15) is 5.56 Å². The van der Waals surface area contributed by atoms with Crippen LogP contribution in [0.15, 0.2) is 59.7 Å². The molecule has 0 aliphatic carbocycles. The Morgan fingerprint density at radius 2 is 1.68 bits per heavy atom. The Morgan fingerprint density at radius 1 is 1.05 bits per heavy atom. The molecular formula is C13H13N3O3. The number of hydrogen-bond donors (Lipinski definition) is 1. The minimum absolute atomic E-state index is 0. The molecule has 98 valence electrons. The van der Waals surface area contributed by atoms with E-state index in [-0.39, 0.29) is 11.2 Å². The van der Waals surface area contributed by atoms with Gasteiger partial charge in [0.15, 0.2) is 0 Å². The molecule has 0 amide bonds. The summed E-state index contributed by atoms with van der Waals surface area (Å²) in [6.45, 7) is 0. The number of hydrogen-bond acceptors (Lipinski definition) is 4. The zero-order chi connectivity index (χ0) is 12.8. The van der Waals surface area contributed by atoms with E-state index in [0.717, 1.165) is 11.3 Å². The largest absolute Gasteiger partial charge is 0.412 e. The number of anilines is 1. The molecule has 0 heterocycles. The smallest absolute Gasteiger partial charge is 0.269 e. The number of non-ortho nitro benzene ring substituents is 1. The predicted octanol–water partition coefficient (Wildman–Crippen LogP) is 2.22. The molecule has 0 saturated heterocycles. The molecule has 0 aliphatic rings. The van der Waals surface area contributed by atoms with E-state index in [2.05, 4.69) is 10.5 Å². The second-order valence-corrected chi connectivity index (χ2v) is 3.58. The number of nitrogens with zero attached hydrogens (tertiary/aromatic N) is 2. The molecule has 6 nitrogen and oxygen atoms in total. The molecule has 2 rings (SSSR count). The first-order valence-corrected chi connectivity index (χ1v) is 5.34. The molecule has 0 aliphatic heterocycles. The molecular weight excluding hydrogens is 246 g/mol. The first-order valence-electron chi connectivity index (χ1n) is 5.34. The minimum Gasteiger partial charge on any atom is -0.412 e. The molecule has 0 saturated carbocycles. The Bertz CT molecular complexity index is 553. The van der Waals surface area contributed by atoms with E-state index in [4.69, 9.17) is 0 Å². The van der Waals surface area contributed by atoms with Crippen LogP contribution in [-0.2, 0) is 0 Å². The summed E-state index contributed by atoms with van der Waals surface area (Å²) in [6.07, 6.45) is 1.61. The number of rotatable bonds is 4. The molecule has 2 aromatic rings. The summed E-state index contributed by atoms with van der Waals surface area (Å²) in [5.41, 5.74) is 4.62. The average Bonchev–Trinajstić information content (AvgIpc) is 2.40. The number of nitro benzene ring substituents is 1. The van der Waals surface area contributed by atoms with Crippen molar-refractivity contribution in [2.24, 2.45) is 5.10 Å². The summed E-state index contributed by atoms with van der Waals surface area (Å²) in [6, 6.07) is 15.7. The highest BCUT2D eigenvalue weighted by Gasteiger charge is 2.02. The maximum absolute atomic E-state index is 10.5. The number of benzene rings is 2. The van der Waals surface area contributed by atoms with Gasteiger partial charge in [-0.25, -0.2) is 0 Å². The maximum atomic E-state index is 10.5. The Hall–Kier alpha value is -2.73. The monoisotopic (exact) mass is 259 g/mol. The second-order valence-electron chi connectivity index (χ2n) is 3.58. The maximum Gasteiger partial charge on any atom is 0.269 e. The van der Waals surface area contributed by atoms with Gasteiger partial charge < -0.3 is 5.48 Å². The highest BCUT2D eigenvalue weighted by Crippen LogP contribution is 2.10. The zero-order valence-electron chi connectivity index (χ0n) is 9.98. The summed E-state index contributed by atoms with van der Waals surface area (Å²) in [5, 5.41) is 14.5. The third-order valence-corrected chi connectivity index (χ3v) is 2.28. The van der Waals surface area contributed by atoms with Crippen molar-refractivity contribution >= 4 is 17.6 Å². The quantitative estimate of drug-likeness (QED) is 0.517. The lowest BCUT2D eigenvalue weighted by molar-refractivity contribution is -0.384. The highest BCUT2D eigenvalue weighted by atomic mass is 16.6. The fourth-order valence-corrected chi connectivity index (χ4v) is 1.38. The van der Waals surface area contributed by atoms with Crippen molar-refractivity contribution in [1.29, 1.82) is 0 Å². The molecule has 0 aromatic heterocycles. The summed E-state index contributed by atoms with van der Waals surface area (Å²) in [4.78, 5) is 10.0. The van der Waals surface area contributed by atoms with Gasteiger partial charge in [0.2, 0.25) is 0 Å². The van der Waals surface area contributed by atoms with Crippen LogP contribution < -0.4 is 5.43 Å². The predicted molar refractivity (Wildman–Crippen MR) is 74.4 cm³/mol. The SMILES string of the molecule is O.O=[N+]([O-])c1ccc(/C=N/Nc2ccccc2)cc1. The van der Waals surface area contributed by atoms with Crippen molar-refractivity contribution in [2.45, 2.75) is 0 Å². The third kappa shape index (κ3) is 4.21. The highest BCUT2D eigenvalue weighted by molar-refractivity contribution is 5.80. The van der Waals surface area contributed by atoms with Gasteiger partial charge in [-0.15, -0.1) is 0 Å². The Labute approximate surface area is 109 Å². The topological polar surface area (TPSA) is 99.0 Å². The zero-order valence-corrected chi connectivity index (χ0v) is 9.98. The summed E-state index contributed by atoms with van der Waals surface area (Å²) < 4.78 is 0.